The van der Waals surface area contributed by atoms with Gasteiger partial charge in [-0.15, -0.1) is 0 Å². The summed E-state index contributed by atoms with van der Waals surface area (Å²) in [5.74, 6) is 0.130. The summed E-state index contributed by atoms with van der Waals surface area (Å²) < 4.78 is 0. The summed E-state index contributed by atoms with van der Waals surface area (Å²) in [5, 5.41) is 18.5. The molecular formula is C9H13NO2. The lowest BCUT2D eigenvalue weighted by Gasteiger charge is -2.15. The first-order valence-corrected chi connectivity index (χ1v) is 3.84. The van der Waals surface area contributed by atoms with E-state index in [1.54, 1.807) is 31.2 Å². The van der Waals surface area contributed by atoms with E-state index in [1.165, 1.54) is 0 Å². The summed E-state index contributed by atoms with van der Waals surface area (Å²) in [6.45, 7) is 1.59. The number of phenolic OH excluding ortho intramolecular Hbond substituents is 1. The Balaban J connectivity index is 2.94. The molecule has 0 heterocycles. The molecule has 0 aromatic heterocycles. The first-order valence-electron chi connectivity index (χ1n) is 3.84. The molecule has 3 nitrogen and oxygen atoms in total. The van der Waals surface area contributed by atoms with Gasteiger partial charge in [-0.3, -0.25) is 0 Å². The second kappa shape index (κ2) is 3.56. The lowest BCUT2D eigenvalue weighted by atomic mass is 10.0. The van der Waals surface area contributed by atoms with Gasteiger partial charge in [-0.2, -0.15) is 0 Å². The van der Waals surface area contributed by atoms with Crippen LogP contribution in [0.1, 0.15) is 18.5 Å². The van der Waals surface area contributed by atoms with Crippen molar-refractivity contribution in [2.45, 2.75) is 19.1 Å². The molecule has 4 N–H and O–H groups in total. The molecule has 0 spiro atoms. The second-order valence-electron chi connectivity index (χ2n) is 2.83. The number of aliphatic hydroxyl groups is 1. The molecule has 0 saturated carbocycles. The standard InChI is InChI=1S/C9H13NO2/c1-6(11)9(10)7-4-2-3-5-8(7)12/h2-6,9,11-12H,10H2,1H3/t6-,9-/m0/s1. The Bertz CT molecular complexity index is 260. The first-order chi connectivity index (χ1) is 5.63. The van der Waals surface area contributed by atoms with Crippen LogP contribution in [-0.4, -0.2) is 16.3 Å². The van der Waals surface area contributed by atoms with Gasteiger partial charge in [0, 0.05) is 5.56 Å². The summed E-state index contributed by atoms with van der Waals surface area (Å²) in [4.78, 5) is 0. The highest BCUT2D eigenvalue weighted by Crippen LogP contribution is 2.23. The topological polar surface area (TPSA) is 66.5 Å². The van der Waals surface area contributed by atoms with E-state index in [0.29, 0.717) is 5.56 Å². The number of benzene rings is 1. The molecule has 0 aliphatic rings. The van der Waals surface area contributed by atoms with Crippen LogP contribution in [0.2, 0.25) is 0 Å². The Hall–Kier alpha value is -1.06. The minimum absolute atomic E-state index is 0.130. The van der Waals surface area contributed by atoms with Gasteiger partial charge >= 0.3 is 0 Å². The van der Waals surface area contributed by atoms with E-state index >= 15 is 0 Å². The van der Waals surface area contributed by atoms with Gasteiger partial charge in [0.05, 0.1) is 12.1 Å². The zero-order valence-corrected chi connectivity index (χ0v) is 6.94. The summed E-state index contributed by atoms with van der Waals surface area (Å²) in [5.41, 5.74) is 6.20. The molecule has 3 heteroatoms. The van der Waals surface area contributed by atoms with E-state index in [2.05, 4.69) is 0 Å². The van der Waals surface area contributed by atoms with Crippen molar-refractivity contribution in [2.75, 3.05) is 0 Å². The second-order valence-corrected chi connectivity index (χ2v) is 2.83. The molecule has 0 aliphatic carbocycles. The van der Waals surface area contributed by atoms with Crippen molar-refractivity contribution >= 4 is 0 Å². The van der Waals surface area contributed by atoms with Gasteiger partial charge < -0.3 is 15.9 Å². The number of para-hydroxylation sites is 1. The van der Waals surface area contributed by atoms with Crippen LogP contribution in [0.25, 0.3) is 0 Å². The normalized spacial score (nSPS) is 15.6. The largest absolute Gasteiger partial charge is 0.508 e. The molecule has 66 valence electrons. The lowest BCUT2D eigenvalue weighted by molar-refractivity contribution is 0.163. The fraction of sp³-hybridized carbons (Fsp3) is 0.333. The highest BCUT2D eigenvalue weighted by molar-refractivity contribution is 5.34. The van der Waals surface area contributed by atoms with Gasteiger partial charge in [-0.1, -0.05) is 18.2 Å². The number of aromatic hydroxyl groups is 1. The Labute approximate surface area is 71.5 Å². The van der Waals surface area contributed by atoms with Gasteiger partial charge in [0.2, 0.25) is 0 Å². The zero-order valence-electron chi connectivity index (χ0n) is 6.94. The number of hydrogen-bond donors (Lipinski definition) is 3. The average molecular weight is 167 g/mol. The molecule has 12 heavy (non-hydrogen) atoms. The molecule has 0 saturated heterocycles. The number of hydrogen-bond acceptors (Lipinski definition) is 3. The Morgan fingerprint density at radius 1 is 1.33 bits per heavy atom. The van der Waals surface area contributed by atoms with Crippen LogP contribution in [0.5, 0.6) is 5.75 Å². The van der Waals surface area contributed by atoms with Crippen LogP contribution in [0.15, 0.2) is 24.3 Å². The molecule has 0 amide bonds. The predicted molar refractivity (Wildman–Crippen MR) is 46.7 cm³/mol. The molecule has 0 unspecified atom stereocenters. The maximum absolute atomic E-state index is 9.34. The third-order valence-corrected chi connectivity index (χ3v) is 1.82. The van der Waals surface area contributed by atoms with Crippen molar-refractivity contribution in [3.8, 4) is 5.75 Å². The number of aliphatic hydroxyl groups excluding tert-OH is 1. The Morgan fingerprint density at radius 3 is 2.42 bits per heavy atom. The van der Waals surface area contributed by atoms with Crippen molar-refractivity contribution < 1.29 is 10.2 Å². The minimum atomic E-state index is -0.654. The van der Waals surface area contributed by atoms with Crippen molar-refractivity contribution in [3.63, 3.8) is 0 Å². The highest BCUT2D eigenvalue weighted by Gasteiger charge is 2.14. The summed E-state index contributed by atoms with van der Waals surface area (Å²) in [6.07, 6.45) is -0.654. The molecule has 0 bridgehead atoms. The molecule has 0 aliphatic heterocycles. The van der Waals surface area contributed by atoms with Gasteiger partial charge in [0.15, 0.2) is 0 Å². The summed E-state index contributed by atoms with van der Waals surface area (Å²) in [7, 11) is 0. The molecule has 1 aromatic rings. The molecule has 0 fully saturated rings. The number of phenols is 1. The number of rotatable bonds is 2. The van der Waals surface area contributed by atoms with Crippen molar-refractivity contribution in [1.82, 2.24) is 0 Å². The van der Waals surface area contributed by atoms with E-state index in [0.717, 1.165) is 0 Å². The van der Waals surface area contributed by atoms with Crippen LogP contribution >= 0.6 is 0 Å². The molecule has 1 rings (SSSR count). The summed E-state index contributed by atoms with van der Waals surface area (Å²) in [6, 6.07) is 6.22. The zero-order chi connectivity index (χ0) is 9.14. The van der Waals surface area contributed by atoms with Gasteiger partial charge in [0.1, 0.15) is 5.75 Å². The van der Waals surface area contributed by atoms with Crippen molar-refractivity contribution in [1.29, 1.82) is 0 Å². The third-order valence-electron chi connectivity index (χ3n) is 1.82. The Kier molecular flexibility index (Phi) is 2.68. The number of nitrogens with two attached hydrogens (primary N) is 1. The molecule has 2 atom stereocenters. The van der Waals surface area contributed by atoms with E-state index in [-0.39, 0.29) is 5.75 Å². The third kappa shape index (κ3) is 1.75. The van der Waals surface area contributed by atoms with Gasteiger partial charge in [-0.25, -0.2) is 0 Å². The van der Waals surface area contributed by atoms with Crippen LogP contribution in [0, 0.1) is 0 Å². The first kappa shape index (κ1) is 9.03. The Morgan fingerprint density at radius 2 is 1.92 bits per heavy atom. The maximum Gasteiger partial charge on any atom is 0.120 e. The minimum Gasteiger partial charge on any atom is -0.508 e. The van der Waals surface area contributed by atoms with E-state index in [4.69, 9.17) is 10.8 Å². The molecular weight excluding hydrogens is 154 g/mol. The van der Waals surface area contributed by atoms with Crippen molar-refractivity contribution in [3.05, 3.63) is 29.8 Å². The fourth-order valence-corrected chi connectivity index (χ4v) is 1.03. The fourth-order valence-electron chi connectivity index (χ4n) is 1.03. The van der Waals surface area contributed by atoms with Gasteiger partial charge in [0.25, 0.3) is 0 Å². The molecule has 0 radical (unpaired) electrons. The van der Waals surface area contributed by atoms with Gasteiger partial charge in [-0.05, 0) is 13.0 Å². The maximum atomic E-state index is 9.34. The SMILES string of the molecule is C[C@H](O)[C@H](N)c1ccccc1O. The smallest absolute Gasteiger partial charge is 0.120 e. The highest BCUT2D eigenvalue weighted by atomic mass is 16.3. The van der Waals surface area contributed by atoms with Crippen molar-refractivity contribution in [2.24, 2.45) is 5.73 Å². The van der Waals surface area contributed by atoms with E-state index in [9.17, 15) is 5.11 Å². The van der Waals surface area contributed by atoms with Crippen LogP contribution in [-0.2, 0) is 0 Å². The predicted octanol–water partition coefficient (Wildman–Crippen LogP) is 0.773. The quantitative estimate of drug-likeness (QED) is 0.609. The lowest BCUT2D eigenvalue weighted by Crippen LogP contribution is -2.23. The molecule has 1 aromatic carbocycles. The van der Waals surface area contributed by atoms with Crippen LogP contribution in [0.4, 0.5) is 0 Å². The monoisotopic (exact) mass is 167 g/mol. The van der Waals surface area contributed by atoms with E-state index in [1.807, 2.05) is 0 Å². The van der Waals surface area contributed by atoms with Crippen LogP contribution < -0.4 is 5.73 Å². The average Bonchev–Trinajstić information content (AvgIpc) is 2.04. The van der Waals surface area contributed by atoms with Crippen LogP contribution in [0.3, 0.4) is 0 Å². The van der Waals surface area contributed by atoms with E-state index < -0.39 is 12.1 Å². The summed E-state index contributed by atoms with van der Waals surface area (Å²) >= 11 is 0.